The fraction of sp³-hybridized carbons (Fsp3) is 0.438. The number of carbonyl (C=O) groups is 1. The average Bonchev–Trinajstić information content (AvgIpc) is 3.24. The van der Waals surface area contributed by atoms with Gasteiger partial charge in [0, 0.05) is 19.3 Å². The van der Waals surface area contributed by atoms with Crippen LogP contribution in [0.25, 0.3) is 0 Å². The zero-order chi connectivity index (χ0) is 16.9. The number of aromatic amines is 1. The smallest absolute Gasteiger partial charge is 0.344 e. The van der Waals surface area contributed by atoms with Crippen LogP contribution in [0, 0.1) is 0 Å². The Labute approximate surface area is 144 Å². The number of nitrogens with zero attached hydrogens (tertiary/aromatic N) is 3. The van der Waals surface area contributed by atoms with E-state index in [-0.39, 0.29) is 23.5 Å². The van der Waals surface area contributed by atoms with Crippen molar-refractivity contribution in [2.45, 2.75) is 30.6 Å². The van der Waals surface area contributed by atoms with Gasteiger partial charge in [0.1, 0.15) is 0 Å². The quantitative estimate of drug-likeness (QED) is 0.801. The Morgan fingerprint density at radius 2 is 2.25 bits per heavy atom. The zero-order valence-electron chi connectivity index (χ0n) is 13.5. The van der Waals surface area contributed by atoms with Crippen molar-refractivity contribution in [2.24, 2.45) is 0 Å². The third-order valence-electron chi connectivity index (χ3n) is 3.98. The van der Waals surface area contributed by atoms with E-state index < -0.39 is 0 Å². The molecule has 1 aliphatic heterocycles. The van der Waals surface area contributed by atoms with Crippen molar-refractivity contribution >= 4 is 23.4 Å². The number of para-hydroxylation sites is 1. The lowest BCUT2D eigenvalue weighted by Gasteiger charge is -2.17. The zero-order valence-corrected chi connectivity index (χ0v) is 14.3. The Hall–Kier alpha value is -2.06. The standard InChI is InChI=1S/C16H20N4O3S/c1-19(12-6-3-2-4-7-12)14(21)11-24-16-18-17-15(22)20(16)10-13-8-5-9-23-13/h2-4,6-7,13H,5,8-11H2,1H3,(H,17,22)/t13-/m0/s1. The van der Waals surface area contributed by atoms with Gasteiger partial charge in [-0.05, 0) is 25.0 Å². The molecule has 1 saturated heterocycles. The molecule has 0 unspecified atom stereocenters. The molecule has 1 fully saturated rings. The maximum absolute atomic E-state index is 12.3. The van der Waals surface area contributed by atoms with Gasteiger partial charge >= 0.3 is 5.69 Å². The van der Waals surface area contributed by atoms with Crippen LogP contribution in [-0.2, 0) is 16.1 Å². The molecule has 0 radical (unpaired) electrons. The van der Waals surface area contributed by atoms with Gasteiger partial charge < -0.3 is 9.64 Å². The normalized spacial score (nSPS) is 17.1. The lowest BCUT2D eigenvalue weighted by Crippen LogP contribution is -2.28. The van der Waals surface area contributed by atoms with Crippen molar-refractivity contribution in [1.29, 1.82) is 0 Å². The number of thioether (sulfide) groups is 1. The van der Waals surface area contributed by atoms with E-state index in [2.05, 4.69) is 10.2 Å². The minimum atomic E-state index is -0.267. The van der Waals surface area contributed by atoms with E-state index in [1.54, 1.807) is 16.5 Å². The van der Waals surface area contributed by atoms with Crippen LogP contribution >= 0.6 is 11.8 Å². The number of nitrogens with one attached hydrogen (secondary N) is 1. The van der Waals surface area contributed by atoms with E-state index in [0.717, 1.165) is 25.1 Å². The first kappa shape index (κ1) is 16.8. The molecule has 7 nitrogen and oxygen atoms in total. The van der Waals surface area contributed by atoms with Crippen LogP contribution in [-0.4, -0.2) is 46.2 Å². The number of H-pyrrole nitrogens is 1. The molecule has 3 rings (SSSR count). The molecule has 1 N–H and O–H groups in total. The fourth-order valence-corrected chi connectivity index (χ4v) is 3.45. The van der Waals surface area contributed by atoms with E-state index in [4.69, 9.17) is 4.74 Å². The number of carbonyl (C=O) groups excluding carboxylic acids is 1. The maximum atomic E-state index is 12.3. The highest BCUT2D eigenvalue weighted by Crippen LogP contribution is 2.19. The van der Waals surface area contributed by atoms with Crippen molar-refractivity contribution in [1.82, 2.24) is 14.8 Å². The molecule has 0 aliphatic carbocycles. The second kappa shape index (κ2) is 7.67. The first-order valence-corrected chi connectivity index (χ1v) is 8.85. The summed E-state index contributed by atoms with van der Waals surface area (Å²) in [7, 11) is 1.74. The summed E-state index contributed by atoms with van der Waals surface area (Å²) in [5.74, 6) is 0.159. The maximum Gasteiger partial charge on any atom is 0.344 e. The highest BCUT2D eigenvalue weighted by atomic mass is 32.2. The molecule has 8 heteroatoms. The second-order valence-electron chi connectivity index (χ2n) is 5.63. The lowest BCUT2D eigenvalue weighted by atomic mass is 10.2. The number of anilines is 1. The predicted molar refractivity (Wildman–Crippen MR) is 92.4 cm³/mol. The Bertz CT molecular complexity index is 737. The van der Waals surface area contributed by atoms with E-state index in [9.17, 15) is 9.59 Å². The largest absolute Gasteiger partial charge is 0.376 e. The Morgan fingerprint density at radius 1 is 1.46 bits per heavy atom. The number of hydrogen-bond donors (Lipinski definition) is 1. The number of aromatic nitrogens is 3. The van der Waals surface area contributed by atoms with Gasteiger partial charge in [0.2, 0.25) is 5.91 Å². The molecule has 128 valence electrons. The second-order valence-corrected chi connectivity index (χ2v) is 6.58. The minimum absolute atomic E-state index is 0.0438. The molecule has 1 amide bonds. The highest BCUT2D eigenvalue weighted by Gasteiger charge is 2.20. The monoisotopic (exact) mass is 348 g/mol. The first-order chi connectivity index (χ1) is 11.6. The summed E-state index contributed by atoms with van der Waals surface area (Å²) in [4.78, 5) is 25.8. The molecule has 0 spiro atoms. The molecule has 1 aromatic heterocycles. The van der Waals surface area contributed by atoms with Crippen molar-refractivity contribution in [3.05, 3.63) is 40.8 Å². The highest BCUT2D eigenvalue weighted by molar-refractivity contribution is 7.99. The number of rotatable bonds is 6. The van der Waals surface area contributed by atoms with Crippen LogP contribution in [0.15, 0.2) is 40.3 Å². The number of benzene rings is 1. The van der Waals surface area contributed by atoms with Gasteiger partial charge in [0.15, 0.2) is 5.16 Å². The summed E-state index contributed by atoms with van der Waals surface area (Å²) in [5.41, 5.74) is 0.568. The summed E-state index contributed by atoms with van der Waals surface area (Å²) in [6.45, 7) is 1.21. The van der Waals surface area contributed by atoms with Crippen LogP contribution in [0.5, 0.6) is 0 Å². The van der Waals surface area contributed by atoms with Crippen molar-refractivity contribution in [3.8, 4) is 0 Å². The summed E-state index contributed by atoms with van der Waals surface area (Å²) < 4.78 is 7.12. The fourth-order valence-electron chi connectivity index (χ4n) is 2.59. The summed E-state index contributed by atoms with van der Waals surface area (Å²) in [6, 6.07) is 9.44. The molecule has 1 atom stereocenters. The van der Waals surface area contributed by atoms with Crippen molar-refractivity contribution < 1.29 is 9.53 Å². The van der Waals surface area contributed by atoms with Crippen LogP contribution in [0.4, 0.5) is 5.69 Å². The predicted octanol–water partition coefficient (Wildman–Crippen LogP) is 1.51. The van der Waals surface area contributed by atoms with E-state index >= 15 is 0 Å². The van der Waals surface area contributed by atoms with Crippen molar-refractivity contribution in [3.63, 3.8) is 0 Å². The SMILES string of the molecule is CN(C(=O)CSc1n[nH]c(=O)n1C[C@@H]1CCCO1)c1ccccc1. The lowest BCUT2D eigenvalue weighted by molar-refractivity contribution is -0.115. The van der Waals surface area contributed by atoms with Gasteiger partial charge in [-0.15, -0.1) is 5.10 Å². The summed E-state index contributed by atoms with van der Waals surface area (Å²) >= 11 is 1.26. The minimum Gasteiger partial charge on any atom is -0.376 e. The number of hydrogen-bond acceptors (Lipinski definition) is 5. The molecule has 0 saturated carbocycles. The van der Waals surface area contributed by atoms with Gasteiger partial charge in [0.05, 0.1) is 18.4 Å². The average molecular weight is 348 g/mol. The van der Waals surface area contributed by atoms with Gasteiger partial charge in [-0.3, -0.25) is 9.36 Å². The molecule has 0 bridgehead atoms. The van der Waals surface area contributed by atoms with Crippen LogP contribution in [0.3, 0.4) is 0 Å². The van der Waals surface area contributed by atoms with Gasteiger partial charge in [-0.25, -0.2) is 9.89 Å². The molecule has 2 heterocycles. The molecule has 1 aromatic carbocycles. The van der Waals surface area contributed by atoms with Crippen molar-refractivity contribution in [2.75, 3.05) is 24.3 Å². The summed E-state index contributed by atoms with van der Waals surface area (Å²) in [6.07, 6.45) is 2.00. The first-order valence-electron chi connectivity index (χ1n) is 7.86. The van der Waals surface area contributed by atoms with Gasteiger partial charge in [-0.2, -0.15) is 0 Å². The van der Waals surface area contributed by atoms with Crippen LogP contribution in [0.1, 0.15) is 12.8 Å². The van der Waals surface area contributed by atoms with Gasteiger partial charge in [-0.1, -0.05) is 30.0 Å². The number of amides is 1. The topological polar surface area (TPSA) is 80.2 Å². The Kier molecular flexibility index (Phi) is 5.37. The Morgan fingerprint density at radius 3 is 2.96 bits per heavy atom. The molecular formula is C16H20N4O3S. The Balaban J connectivity index is 1.62. The molecule has 2 aromatic rings. The van der Waals surface area contributed by atoms with Crippen LogP contribution < -0.4 is 10.6 Å². The third-order valence-corrected chi connectivity index (χ3v) is 4.94. The van der Waals surface area contributed by atoms with Gasteiger partial charge in [0.25, 0.3) is 0 Å². The molecular weight excluding hydrogens is 328 g/mol. The molecule has 24 heavy (non-hydrogen) atoms. The molecule has 1 aliphatic rings. The third kappa shape index (κ3) is 3.88. The van der Waals surface area contributed by atoms with Crippen LogP contribution in [0.2, 0.25) is 0 Å². The van der Waals surface area contributed by atoms with E-state index in [0.29, 0.717) is 11.7 Å². The van der Waals surface area contributed by atoms with E-state index in [1.807, 2.05) is 30.3 Å². The summed E-state index contributed by atoms with van der Waals surface area (Å²) in [5, 5.41) is 6.99. The van der Waals surface area contributed by atoms with E-state index in [1.165, 1.54) is 11.8 Å². The number of ether oxygens (including phenoxy) is 1.